The molecule has 6 atom stereocenters. The third-order valence-corrected chi connectivity index (χ3v) is 9.53. The molecule has 4 heteroatoms. The molecule has 1 aliphatic heterocycles. The van der Waals surface area contributed by atoms with Crippen LogP contribution >= 0.6 is 0 Å². The van der Waals surface area contributed by atoms with E-state index in [-0.39, 0.29) is 23.3 Å². The van der Waals surface area contributed by atoms with Crippen molar-refractivity contribution in [3.63, 3.8) is 0 Å². The van der Waals surface area contributed by atoms with Crippen LogP contribution in [0.4, 0.5) is 0 Å². The van der Waals surface area contributed by atoms with Gasteiger partial charge in [-0.05, 0) is 68.1 Å². The highest BCUT2D eigenvalue weighted by molar-refractivity contribution is 5.66. The Balaban J connectivity index is 1.43. The molecule has 3 saturated carbocycles. The smallest absolute Gasteiger partial charge is 0.302 e. The van der Waals surface area contributed by atoms with Crippen LogP contribution in [0, 0.1) is 28.6 Å². The summed E-state index contributed by atoms with van der Waals surface area (Å²) in [5, 5.41) is 0. The van der Waals surface area contributed by atoms with Gasteiger partial charge in [0, 0.05) is 25.2 Å². The number of fused-ring (bicyclic) bond motifs is 5. The fraction of sp³-hybridized carbons (Fsp3) is 0.875. The summed E-state index contributed by atoms with van der Waals surface area (Å²) < 4.78 is 18.0. The van der Waals surface area contributed by atoms with Gasteiger partial charge in [-0.15, -0.1) is 0 Å². The quantitative estimate of drug-likeness (QED) is 0.492. The standard InChI is InChI=1S/C24H36O4/c1-4-23-10-9-19-18(20(23)7-8-21(23)28-16(2)25)6-5-17-15-24(26-13-14-27-24)12-11-22(17,19)3/h5,18-21H,4,6-15H2,1-3H3/t18-,19+,20+,21+,22+,23+/m1/s1. The molecule has 0 bridgehead atoms. The van der Waals surface area contributed by atoms with Crippen LogP contribution in [0.3, 0.4) is 0 Å². The second kappa shape index (κ2) is 6.57. The van der Waals surface area contributed by atoms with Crippen molar-refractivity contribution in [2.45, 2.75) is 90.4 Å². The molecule has 0 radical (unpaired) electrons. The van der Waals surface area contributed by atoms with E-state index in [0.29, 0.717) is 11.3 Å². The molecule has 156 valence electrons. The maximum Gasteiger partial charge on any atom is 0.302 e. The van der Waals surface area contributed by atoms with Crippen LogP contribution in [0.1, 0.15) is 78.6 Å². The van der Waals surface area contributed by atoms with Crippen molar-refractivity contribution in [2.75, 3.05) is 13.2 Å². The predicted octanol–water partition coefficient (Wildman–Crippen LogP) is 5.01. The molecule has 0 unspecified atom stereocenters. The topological polar surface area (TPSA) is 44.8 Å². The number of rotatable bonds is 2. The first-order chi connectivity index (χ1) is 13.4. The fourth-order valence-electron chi connectivity index (χ4n) is 8.15. The third-order valence-electron chi connectivity index (χ3n) is 9.53. The van der Waals surface area contributed by atoms with Gasteiger partial charge in [-0.2, -0.15) is 0 Å². The molecule has 0 N–H and O–H groups in total. The van der Waals surface area contributed by atoms with Crippen molar-refractivity contribution in [3.8, 4) is 0 Å². The van der Waals surface area contributed by atoms with E-state index < -0.39 is 0 Å². The van der Waals surface area contributed by atoms with Crippen LogP contribution in [-0.4, -0.2) is 31.1 Å². The summed E-state index contributed by atoms with van der Waals surface area (Å²) in [4.78, 5) is 11.7. The number of carbonyl (C=O) groups excluding carboxylic acids is 1. The van der Waals surface area contributed by atoms with E-state index in [1.165, 1.54) is 32.1 Å². The maximum absolute atomic E-state index is 11.7. The summed E-state index contributed by atoms with van der Waals surface area (Å²) >= 11 is 0. The molecule has 5 aliphatic rings. The average Bonchev–Trinajstić information content (AvgIpc) is 3.28. The largest absolute Gasteiger partial charge is 0.462 e. The average molecular weight is 389 g/mol. The van der Waals surface area contributed by atoms with Gasteiger partial charge in [0.2, 0.25) is 0 Å². The Labute approximate surface area is 169 Å². The maximum atomic E-state index is 11.7. The monoisotopic (exact) mass is 388 g/mol. The van der Waals surface area contributed by atoms with E-state index in [1.807, 2.05) is 0 Å². The summed E-state index contributed by atoms with van der Waals surface area (Å²) in [5.41, 5.74) is 2.10. The van der Waals surface area contributed by atoms with Crippen molar-refractivity contribution >= 4 is 5.97 Å². The lowest BCUT2D eigenvalue weighted by molar-refractivity contribution is -0.187. The van der Waals surface area contributed by atoms with Crippen LogP contribution in [0.2, 0.25) is 0 Å². The van der Waals surface area contributed by atoms with Crippen molar-refractivity contribution in [3.05, 3.63) is 11.6 Å². The number of allylic oxidation sites excluding steroid dienone is 1. The van der Waals surface area contributed by atoms with Crippen molar-refractivity contribution in [1.29, 1.82) is 0 Å². The highest BCUT2D eigenvalue weighted by atomic mass is 16.7. The van der Waals surface area contributed by atoms with E-state index in [0.717, 1.165) is 50.7 Å². The Morgan fingerprint density at radius 2 is 1.93 bits per heavy atom. The Morgan fingerprint density at radius 3 is 2.64 bits per heavy atom. The molecule has 1 saturated heterocycles. The summed E-state index contributed by atoms with van der Waals surface area (Å²) in [6, 6.07) is 0. The molecule has 0 aromatic carbocycles. The molecule has 4 nitrogen and oxygen atoms in total. The lowest BCUT2D eigenvalue weighted by Gasteiger charge is -2.59. The van der Waals surface area contributed by atoms with Crippen molar-refractivity contribution in [2.24, 2.45) is 28.6 Å². The predicted molar refractivity (Wildman–Crippen MR) is 107 cm³/mol. The highest BCUT2D eigenvalue weighted by Gasteiger charge is 2.61. The lowest BCUT2D eigenvalue weighted by Crippen LogP contribution is -2.53. The molecule has 1 spiro atoms. The Morgan fingerprint density at radius 1 is 1.14 bits per heavy atom. The molecule has 28 heavy (non-hydrogen) atoms. The molecule has 4 fully saturated rings. The van der Waals surface area contributed by atoms with E-state index in [9.17, 15) is 4.79 Å². The van der Waals surface area contributed by atoms with Crippen molar-refractivity contribution in [1.82, 2.24) is 0 Å². The second-order valence-corrected chi connectivity index (χ2v) is 10.3. The van der Waals surface area contributed by atoms with Gasteiger partial charge in [0.1, 0.15) is 6.10 Å². The lowest BCUT2D eigenvalue weighted by atomic mass is 9.47. The van der Waals surface area contributed by atoms with Gasteiger partial charge >= 0.3 is 5.97 Å². The summed E-state index contributed by atoms with van der Waals surface area (Å²) in [5.74, 6) is 1.76. The van der Waals surface area contributed by atoms with E-state index in [1.54, 1.807) is 12.5 Å². The number of carbonyl (C=O) groups is 1. The number of esters is 1. The Kier molecular flexibility index (Phi) is 4.48. The molecule has 4 aliphatic carbocycles. The number of ether oxygens (including phenoxy) is 3. The molecular weight excluding hydrogens is 352 g/mol. The van der Waals surface area contributed by atoms with Gasteiger partial charge in [-0.1, -0.05) is 25.5 Å². The van der Waals surface area contributed by atoms with E-state index in [2.05, 4.69) is 19.9 Å². The molecule has 0 amide bonds. The molecular formula is C24H36O4. The minimum Gasteiger partial charge on any atom is -0.462 e. The SMILES string of the molecule is CC[C@]12CC[C@H]3[C@@H](CC=C4CC5(CC[C@@]43C)OCCO5)[C@@H]1CC[C@@H]2OC(C)=O. The summed E-state index contributed by atoms with van der Waals surface area (Å²) in [7, 11) is 0. The summed E-state index contributed by atoms with van der Waals surface area (Å²) in [6.45, 7) is 7.91. The number of hydrogen-bond acceptors (Lipinski definition) is 4. The first kappa shape index (κ1) is 19.1. The first-order valence-corrected chi connectivity index (χ1v) is 11.6. The minimum atomic E-state index is -0.326. The van der Waals surface area contributed by atoms with Crippen LogP contribution in [-0.2, 0) is 19.0 Å². The minimum absolute atomic E-state index is 0.104. The second-order valence-electron chi connectivity index (χ2n) is 10.3. The van der Waals surface area contributed by atoms with Gasteiger partial charge in [-0.3, -0.25) is 4.79 Å². The van der Waals surface area contributed by atoms with E-state index in [4.69, 9.17) is 14.2 Å². The van der Waals surface area contributed by atoms with Gasteiger partial charge in [0.25, 0.3) is 0 Å². The third kappa shape index (κ3) is 2.59. The fourth-order valence-corrected chi connectivity index (χ4v) is 8.15. The zero-order chi connectivity index (χ0) is 19.6. The van der Waals surface area contributed by atoms with Gasteiger partial charge in [0.15, 0.2) is 5.79 Å². The van der Waals surface area contributed by atoms with Crippen LogP contribution in [0.5, 0.6) is 0 Å². The summed E-state index contributed by atoms with van der Waals surface area (Å²) in [6.07, 6.45) is 13.0. The molecule has 0 aromatic rings. The van der Waals surface area contributed by atoms with E-state index >= 15 is 0 Å². The first-order valence-electron chi connectivity index (χ1n) is 11.6. The normalized spacial score (nSPS) is 46.5. The molecule has 5 rings (SSSR count). The van der Waals surface area contributed by atoms with Crippen LogP contribution < -0.4 is 0 Å². The van der Waals surface area contributed by atoms with Gasteiger partial charge in [0.05, 0.1) is 13.2 Å². The highest BCUT2D eigenvalue weighted by Crippen LogP contribution is 2.67. The van der Waals surface area contributed by atoms with Crippen LogP contribution in [0.25, 0.3) is 0 Å². The zero-order valence-electron chi connectivity index (χ0n) is 17.8. The zero-order valence-corrected chi connectivity index (χ0v) is 17.8. The molecule has 0 aromatic heterocycles. The Hall–Kier alpha value is -0.870. The van der Waals surface area contributed by atoms with Crippen LogP contribution in [0.15, 0.2) is 11.6 Å². The number of hydrogen-bond donors (Lipinski definition) is 0. The molecule has 1 heterocycles. The Bertz CT molecular complexity index is 678. The van der Waals surface area contributed by atoms with Crippen molar-refractivity contribution < 1.29 is 19.0 Å². The van der Waals surface area contributed by atoms with Gasteiger partial charge in [-0.25, -0.2) is 0 Å². The van der Waals surface area contributed by atoms with Gasteiger partial charge < -0.3 is 14.2 Å².